The van der Waals surface area contributed by atoms with Crippen molar-refractivity contribution in [3.05, 3.63) is 58.6 Å². The predicted octanol–water partition coefficient (Wildman–Crippen LogP) is 2.79. The van der Waals surface area contributed by atoms with Gasteiger partial charge in [-0.15, -0.1) is 10.2 Å². The van der Waals surface area contributed by atoms with Crippen LogP contribution in [0.3, 0.4) is 0 Å². The highest BCUT2D eigenvalue weighted by Gasteiger charge is 2.31. The molecule has 0 spiro atoms. The Bertz CT molecular complexity index is 1130. The Balaban J connectivity index is 1.47. The number of nitrogens with zero attached hydrogens (tertiary/aromatic N) is 6. The van der Waals surface area contributed by atoms with Gasteiger partial charge < -0.3 is 4.90 Å². The summed E-state index contributed by atoms with van der Waals surface area (Å²) in [6.07, 6.45) is 3.53. The zero-order valence-electron chi connectivity index (χ0n) is 15.5. The lowest BCUT2D eigenvalue weighted by molar-refractivity contribution is 0.383. The number of hydrogen-bond acceptors (Lipinski definition) is 6. The van der Waals surface area contributed by atoms with Gasteiger partial charge in [0.15, 0.2) is 11.6 Å². The van der Waals surface area contributed by atoms with Crippen molar-refractivity contribution in [2.75, 3.05) is 31.1 Å². The van der Waals surface area contributed by atoms with Crippen LogP contribution >= 0.6 is 23.2 Å². The highest BCUT2D eigenvalue weighted by atomic mass is 35.5. The van der Waals surface area contributed by atoms with Crippen molar-refractivity contribution in [3.63, 3.8) is 0 Å². The standard InChI is InChI=1S/C18H18Cl2N6O2S/c1-13-21-7-8-26(13)17-6-5-16(22-23-17)24-9-11-25(12-10-24)29(27,28)15-4-2-3-14(19)18(15)20/h2-8H,9-12H2,1H3. The minimum absolute atomic E-state index is 0.0277. The number of piperazine rings is 1. The minimum Gasteiger partial charge on any atom is -0.352 e. The topological polar surface area (TPSA) is 84.2 Å². The normalized spacial score (nSPS) is 15.6. The third-order valence-corrected chi connectivity index (χ3v) is 7.68. The minimum atomic E-state index is -3.72. The van der Waals surface area contributed by atoms with Gasteiger partial charge in [0.25, 0.3) is 0 Å². The molecule has 1 aromatic carbocycles. The lowest BCUT2D eigenvalue weighted by atomic mass is 10.3. The third-order valence-electron chi connectivity index (χ3n) is 4.81. The van der Waals surface area contributed by atoms with Crippen LogP contribution in [0.25, 0.3) is 5.82 Å². The second-order valence-corrected chi connectivity index (χ2v) is 9.23. The van der Waals surface area contributed by atoms with Crippen molar-refractivity contribution in [1.29, 1.82) is 0 Å². The first-order valence-corrected chi connectivity index (χ1v) is 11.1. The first kappa shape index (κ1) is 20.1. The van der Waals surface area contributed by atoms with E-state index in [2.05, 4.69) is 15.2 Å². The SMILES string of the molecule is Cc1nccn1-c1ccc(N2CCN(S(=O)(=O)c3cccc(Cl)c3Cl)CC2)nn1. The molecule has 152 valence electrons. The molecule has 0 amide bonds. The van der Waals surface area contributed by atoms with Crippen LogP contribution in [0.4, 0.5) is 5.82 Å². The van der Waals surface area contributed by atoms with Crippen LogP contribution in [-0.2, 0) is 10.0 Å². The summed E-state index contributed by atoms with van der Waals surface area (Å²) in [6.45, 7) is 3.51. The molecular formula is C18H18Cl2N6O2S. The molecule has 8 nitrogen and oxygen atoms in total. The molecule has 1 aliphatic rings. The molecule has 2 aromatic heterocycles. The Morgan fingerprint density at radius 2 is 1.66 bits per heavy atom. The van der Waals surface area contributed by atoms with Crippen molar-refractivity contribution in [3.8, 4) is 5.82 Å². The van der Waals surface area contributed by atoms with E-state index in [9.17, 15) is 8.42 Å². The quantitative estimate of drug-likeness (QED) is 0.604. The molecule has 0 atom stereocenters. The number of halogens is 2. The molecule has 0 N–H and O–H groups in total. The molecule has 29 heavy (non-hydrogen) atoms. The average molecular weight is 453 g/mol. The van der Waals surface area contributed by atoms with Gasteiger partial charge in [-0.05, 0) is 31.2 Å². The van der Waals surface area contributed by atoms with E-state index in [1.54, 1.807) is 18.3 Å². The zero-order chi connectivity index (χ0) is 20.6. The number of aryl methyl sites for hydroxylation is 1. The number of anilines is 1. The fourth-order valence-electron chi connectivity index (χ4n) is 3.22. The fourth-order valence-corrected chi connectivity index (χ4v) is 5.37. The van der Waals surface area contributed by atoms with Crippen molar-refractivity contribution in [2.24, 2.45) is 0 Å². The molecule has 0 aliphatic carbocycles. The molecule has 1 saturated heterocycles. The summed E-state index contributed by atoms with van der Waals surface area (Å²) in [5.41, 5.74) is 0. The van der Waals surface area contributed by atoms with Crippen molar-refractivity contribution in [2.45, 2.75) is 11.8 Å². The van der Waals surface area contributed by atoms with Gasteiger partial charge in [-0.2, -0.15) is 4.31 Å². The van der Waals surface area contributed by atoms with Crippen molar-refractivity contribution < 1.29 is 8.42 Å². The van der Waals surface area contributed by atoms with Crippen LogP contribution in [0.15, 0.2) is 47.6 Å². The van der Waals surface area contributed by atoms with Gasteiger partial charge in [0.1, 0.15) is 10.7 Å². The first-order chi connectivity index (χ1) is 13.9. The van der Waals surface area contributed by atoms with E-state index < -0.39 is 10.0 Å². The number of aromatic nitrogens is 4. The number of sulfonamides is 1. The fraction of sp³-hybridized carbons (Fsp3) is 0.278. The highest BCUT2D eigenvalue weighted by molar-refractivity contribution is 7.89. The van der Waals surface area contributed by atoms with Gasteiger partial charge >= 0.3 is 0 Å². The Labute approximate surface area is 178 Å². The lowest BCUT2D eigenvalue weighted by Gasteiger charge is -2.34. The second-order valence-electron chi connectivity index (χ2n) is 6.54. The number of hydrogen-bond donors (Lipinski definition) is 0. The van der Waals surface area contributed by atoms with Crippen LogP contribution in [0.2, 0.25) is 10.0 Å². The summed E-state index contributed by atoms with van der Waals surface area (Å²) in [5.74, 6) is 2.20. The Morgan fingerprint density at radius 3 is 2.28 bits per heavy atom. The van der Waals surface area contributed by atoms with Crippen LogP contribution in [0, 0.1) is 6.92 Å². The average Bonchev–Trinajstić information content (AvgIpc) is 3.16. The van der Waals surface area contributed by atoms with Crippen molar-refractivity contribution in [1.82, 2.24) is 24.1 Å². The lowest BCUT2D eigenvalue weighted by Crippen LogP contribution is -2.49. The maximum atomic E-state index is 12.9. The van der Waals surface area contributed by atoms with Crippen LogP contribution in [0.5, 0.6) is 0 Å². The Hall–Kier alpha value is -2.20. The summed E-state index contributed by atoms with van der Waals surface area (Å²) in [6, 6.07) is 8.36. The summed E-state index contributed by atoms with van der Waals surface area (Å²) in [7, 11) is -3.72. The van der Waals surface area contributed by atoms with Gasteiger partial charge in [-0.1, -0.05) is 29.3 Å². The van der Waals surface area contributed by atoms with E-state index in [0.717, 1.165) is 5.82 Å². The summed E-state index contributed by atoms with van der Waals surface area (Å²) < 4.78 is 29.1. The highest BCUT2D eigenvalue weighted by Crippen LogP contribution is 2.31. The summed E-state index contributed by atoms with van der Waals surface area (Å²) >= 11 is 12.1. The molecule has 0 bridgehead atoms. The van der Waals surface area contributed by atoms with Gasteiger partial charge in [0.2, 0.25) is 10.0 Å². The van der Waals surface area contributed by atoms with E-state index in [1.807, 2.05) is 34.7 Å². The molecule has 1 fully saturated rings. The van der Waals surface area contributed by atoms with Crippen LogP contribution < -0.4 is 4.90 Å². The van der Waals surface area contributed by atoms with Gasteiger partial charge in [-0.3, -0.25) is 4.57 Å². The first-order valence-electron chi connectivity index (χ1n) is 8.91. The van der Waals surface area contributed by atoms with Gasteiger partial charge in [-0.25, -0.2) is 13.4 Å². The van der Waals surface area contributed by atoms with Gasteiger partial charge in [0.05, 0.1) is 10.0 Å². The number of benzene rings is 1. The maximum Gasteiger partial charge on any atom is 0.244 e. The predicted molar refractivity (Wildman–Crippen MR) is 111 cm³/mol. The monoisotopic (exact) mass is 452 g/mol. The largest absolute Gasteiger partial charge is 0.352 e. The molecule has 3 aromatic rings. The zero-order valence-corrected chi connectivity index (χ0v) is 17.9. The molecule has 0 radical (unpaired) electrons. The molecule has 0 unspecified atom stereocenters. The maximum absolute atomic E-state index is 12.9. The number of rotatable bonds is 4. The molecule has 1 aliphatic heterocycles. The smallest absolute Gasteiger partial charge is 0.244 e. The van der Waals surface area contributed by atoms with Crippen LogP contribution in [-0.4, -0.2) is 58.7 Å². The van der Waals surface area contributed by atoms with Gasteiger partial charge in [0, 0.05) is 38.6 Å². The molecular weight excluding hydrogens is 435 g/mol. The second kappa shape index (κ2) is 7.91. The number of imidazole rings is 1. The van der Waals surface area contributed by atoms with E-state index in [4.69, 9.17) is 23.2 Å². The van der Waals surface area contributed by atoms with E-state index >= 15 is 0 Å². The van der Waals surface area contributed by atoms with E-state index in [-0.39, 0.29) is 14.9 Å². The molecule has 0 saturated carbocycles. The molecule has 4 rings (SSSR count). The van der Waals surface area contributed by atoms with Crippen molar-refractivity contribution >= 4 is 39.0 Å². The Kier molecular flexibility index (Phi) is 5.48. The summed E-state index contributed by atoms with van der Waals surface area (Å²) in [4.78, 5) is 6.21. The third kappa shape index (κ3) is 3.83. The van der Waals surface area contributed by atoms with Crippen LogP contribution in [0.1, 0.15) is 5.82 Å². The van der Waals surface area contributed by atoms with E-state index in [0.29, 0.717) is 37.8 Å². The Morgan fingerprint density at radius 1 is 0.966 bits per heavy atom. The molecule has 11 heteroatoms. The molecule has 3 heterocycles. The van der Waals surface area contributed by atoms with E-state index in [1.165, 1.54) is 10.4 Å². The summed E-state index contributed by atoms with van der Waals surface area (Å²) in [5, 5.41) is 8.82.